The van der Waals surface area contributed by atoms with Gasteiger partial charge >= 0.3 is 6.18 Å². The maximum absolute atomic E-state index is 11.7. The van der Waals surface area contributed by atoms with Gasteiger partial charge in [-0.2, -0.15) is 24.9 Å². The van der Waals surface area contributed by atoms with Crippen LogP contribution in [0.1, 0.15) is 13.3 Å². The highest BCUT2D eigenvalue weighted by molar-refractivity contribution is 7.98. The lowest BCUT2D eigenvalue weighted by atomic mass is 10.3. The van der Waals surface area contributed by atoms with Crippen LogP contribution >= 0.6 is 11.8 Å². The highest BCUT2D eigenvalue weighted by Gasteiger charge is 2.27. The summed E-state index contributed by atoms with van der Waals surface area (Å²) in [6, 6.07) is 0.391. The predicted molar refractivity (Wildman–Crippen MR) is 57.3 cm³/mol. The van der Waals surface area contributed by atoms with E-state index in [9.17, 15) is 13.2 Å². The highest BCUT2D eigenvalue weighted by Crippen LogP contribution is 2.14. The monoisotopic (exact) mass is 245 g/mol. The molecule has 6 heteroatoms. The van der Waals surface area contributed by atoms with Crippen molar-refractivity contribution < 1.29 is 17.9 Å². The molecule has 0 aromatic carbocycles. The fourth-order valence-corrected chi connectivity index (χ4v) is 1.64. The molecule has 0 aliphatic rings. The fraction of sp³-hybridized carbons (Fsp3) is 1.00. The lowest BCUT2D eigenvalue weighted by molar-refractivity contribution is -0.173. The lowest BCUT2D eigenvalue weighted by Gasteiger charge is -2.12. The van der Waals surface area contributed by atoms with E-state index in [4.69, 9.17) is 0 Å². The molecule has 0 aromatic rings. The molecular weight excluding hydrogens is 227 g/mol. The molecular formula is C9H18F3NOS. The lowest BCUT2D eigenvalue weighted by Crippen LogP contribution is -2.29. The Hall–Kier alpha value is 0.0600. The van der Waals surface area contributed by atoms with Gasteiger partial charge in [-0.1, -0.05) is 0 Å². The van der Waals surface area contributed by atoms with E-state index in [1.165, 1.54) is 0 Å². The van der Waals surface area contributed by atoms with E-state index in [2.05, 4.69) is 10.1 Å². The van der Waals surface area contributed by atoms with Crippen molar-refractivity contribution in [2.24, 2.45) is 0 Å². The summed E-state index contributed by atoms with van der Waals surface area (Å²) in [5.74, 6) is 1.00. The molecule has 92 valence electrons. The van der Waals surface area contributed by atoms with Gasteiger partial charge in [0.1, 0.15) is 6.61 Å². The maximum atomic E-state index is 11.7. The Morgan fingerprint density at radius 2 is 2.07 bits per heavy atom. The third kappa shape index (κ3) is 12.0. The number of hydrogen-bond donors (Lipinski definition) is 1. The van der Waals surface area contributed by atoms with Gasteiger partial charge in [0.25, 0.3) is 0 Å². The van der Waals surface area contributed by atoms with Gasteiger partial charge in [0.05, 0.1) is 0 Å². The van der Waals surface area contributed by atoms with Crippen molar-refractivity contribution >= 4 is 11.8 Å². The first-order chi connectivity index (χ1) is 6.95. The Labute approximate surface area is 92.9 Å². The second-order valence-electron chi connectivity index (χ2n) is 3.33. The molecule has 1 atom stereocenters. The van der Waals surface area contributed by atoms with Crippen LogP contribution in [0.25, 0.3) is 0 Å². The van der Waals surface area contributed by atoms with Crippen LogP contribution in [-0.4, -0.2) is 44.0 Å². The number of rotatable bonds is 8. The van der Waals surface area contributed by atoms with E-state index >= 15 is 0 Å². The molecule has 0 heterocycles. The molecule has 0 bridgehead atoms. The van der Waals surface area contributed by atoms with Crippen LogP contribution < -0.4 is 5.32 Å². The smallest absolute Gasteiger partial charge is 0.372 e. The molecule has 15 heavy (non-hydrogen) atoms. The van der Waals surface area contributed by atoms with Crippen molar-refractivity contribution in [3.63, 3.8) is 0 Å². The number of alkyl halides is 3. The van der Waals surface area contributed by atoms with Gasteiger partial charge in [0, 0.05) is 18.4 Å². The molecule has 0 saturated carbocycles. The van der Waals surface area contributed by atoms with E-state index in [0.717, 1.165) is 5.75 Å². The number of nitrogens with one attached hydrogen (secondary N) is 1. The zero-order valence-electron chi connectivity index (χ0n) is 9.06. The summed E-state index contributed by atoms with van der Waals surface area (Å²) in [7, 11) is 0. The van der Waals surface area contributed by atoms with Crippen molar-refractivity contribution in [1.82, 2.24) is 5.32 Å². The molecule has 0 amide bonds. The van der Waals surface area contributed by atoms with Crippen LogP contribution in [0.4, 0.5) is 13.2 Å². The van der Waals surface area contributed by atoms with Crippen molar-refractivity contribution in [1.29, 1.82) is 0 Å². The Morgan fingerprint density at radius 1 is 1.40 bits per heavy atom. The van der Waals surface area contributed by atoms with E-state index < -0.39 is 12.8 Å². The first-order valence-corrected chi connectivity index (χ1v) is 6.22. The normalized spacial score (nSPS) is 14.2. The number of ether oxygens (including phenoxy) is 1. The molecule has 0 fully saturated rings. The Kier molecular flexibility index (Phi) is 8.27. The van der Waals surface area contributed by atoms with E-state index in [1.54, 1.807) is 11.8 Å². The van der Waals surface area contributed by atoms with Gasteiger partial charge in [-0.3, -0.25) is 0 Å². The molecule has 2 nitrogen and oxygen atoms in total. The summed E-state index contributed by atoms with van der Waals surface area (Å²) in [5.41, 5.74) is 0. The summed E-state index contributed by atoms with van der Waals surface area (Å²) in [4.78, 5) is 0. The van der Waals surface area contributed by atoms with Crippen LogP contribution in [0, 0.1) is 0 Å². The Morgan fingerprint density at radius 3 is 2.60 bits per heavy atom. The van der Waals surface area contributed by atoms with Crippen molar-refractivity contribution in [2.75, 3.05) is 31.8 Å². The third-order valence-corrected chi connectivity index (χ3v) is 2.47. The van der Waals surface area contributed by atoms with Crippen molar-refractivity contribution in [3.8, 4) is 0 Å². The summed E-state index contributed by atoms with van der Waals surface area (Å²) in [5, 5.41) is 3.20. The second kappa shape index (κ2) is 8.24. The molecule has 0 spiro atoms. The largest absolute Gasteiger partial charge is 0.411 e. The molecule has 0 rings (SSSR count). The zero-order chi connectivity index (χ0) is 11.7. The SMILES string of the molecule is CSCC(C)NCCCOCC(F)(F)F. The second-order valence-corrected chi connectivity index (χ2v) is 4.24. The molecule has 0 aromatic heterocycles. The minimum absolute atomic E-state index is 0.151. The van der Waals surface area contributed by atoms with Crippen LogP contribution in [0.5, 0.6) is 0 Å². The van der Waals surface area contributed by atoms with Crippen LogP contribution in [0.2, 0.25) is 0 Å². The van der Waals surface area contributed by atoms with Gasteiger partial charge in [-0.05, 0) is 26.1 Å². The molecule has 0 aliphatic heterocycles. The maximum Gasteiger partial charge on any atom is 0.411 e. The quantitative estimate of drug-likeness (QED) is 0.663. The van der Waals surface area contributed by atoms with Crippen molar-refractivity contribution in [3.05, 3.63) is 0 Å². The molecule has 0 saturated heterocycles. The topological polar surface area (TPSA) is 21.3 Å². The fourth-order valence-electron chi connectivity index (χ4n) is 1.02. The summed E-state index contributed by atoms with van der Waals surface area (Å²) < 4.78 is 39.4. The highest BCUT2D eigenvalue weighted by atomic mass is 32.2. The van der Waals surface area contributed by atoms with Crippen LogP contribution in [0.3, 0.4) is 0 Å². The van der Waals surface area contributed by atoms with E-state index in [-0.39, 0.29) is 6.61 Å². The number of hydrogen-bond acceptors (Lipinski definition) is 3. The van der Waals surface area contributed by atoms with Crippen LogP contribution in [0.15, 0.2) is 0 Å². The molecule has 0 aliphatic carbocycles. The van der Waals surface area contributed by atoms with E-state index in [0.29, 0.717) is 19.0 Å². The average Bonchev–Trinajstić information content (AvgIpc) is 2.09. The van der Waals surface area contributed by atoms with Gasteiger partial charge in [0.2, 0.25) is 0 Å². The Balaban J connectivity index is 3.18. The first kappa shape index (κ1) is 15.1. The summed E-state index contributed by atoms with van der Waals surface area (Å²) in [6.45, 7) is 1.75. The molecule has 1 N–H and O–H groups in total. The van der Waals surface area contributed by atoms with Gasteiger partial charge in [-0.25, -0.2) is 0 Å². The predicted octanol–water partition coefficient (Wildman–Crippen LogP) is 2.30. The molecule has 1 unspecified atom stereocenters. The zero-order valence-corrected chi connectivity index (χ0v) is 9.88. The average molecular weight is 245 g/mol. The van der Waals surface area contributed by atoms with E-state index in [1.807, 2.05) is 13.2 Å². The Bertz CT molecular complexity index is 155. The van der Waals surface area contributed by atoms with Crippen molar-refractivity contribution in [2.45, 2.75) is 25.6 Å². The first-order valence-electron chi connectivity index (χ1n) is 4.82. The minimum Gasteiger partial charge on any atom is -0.372 e. The van der Waals surface area contributed by atoms with Gasteiger partial charge < -0.3 is 10.1 Å². The number of halogens is 3. The van der Waals surface area contributed by atoms with Crippen LogP contribution in [-0.2, 0) is 4.74 Å². The van der Waals surface area contributed by atoms with Gasteiger partial charge in [0.15, 0.2) is 0 Å². The summed E-state index contributed by atoms with van der Waals surface area (Å²) in [6.07, 6.45) is -1.58. The third-order valence-electron chi connectivity index (χ3n) is 1.64. The molecule has 0 radical (unpaired) electrons. The standard InChI is InChI=1S/C9H18F3NOS/c1-8(6-15-2)13-4-3-5-14-7-9(10,11)12/h8,13H,3-7H2,1-2H3. The van der Waals surface area contributed by atoms with Gasteiger partial charge in [-0.15, -0.1) is 0 Å². The minimum atomic E-state index is -4.21. The number of thioether (sulfide) groups is 1. The summed E-state index contributed by atoms with van der Waals surface area (Å²) >= 11 is 1.74.